The van der Waals surface area contributed by atoms with Gasteiger partial charge < -0.3 is 4.90 Å². The zero-order valence-electron chi connectivity index (χ0n) is 12.9. The molecule has 1 fully saturated rings. The van der Waals surface area contributed by atoms with E-state index in [1.165, 1.54) is 0 Å². The smallest absolute Gasteiger partial charge is 0.257 e. The van der Waals surface area contributed by atoms with Crippen LogP contribution in [-0.4, -0.2) is 54.4 Å². The number of carbonyl (C=O) groups is 1. The molecule has 0 bridgehead atoms. The highest BCUT2D eigenvalue weighted by atomic mass is 19.3. The summed E-state index contributed by atoms with van der Waals surface area (Å²) in [6.45, 7) is 7.96. The van der Waals surface area contributed by atoms with Crippen molar-refractivity contribution in [3.63, 3.8) is 0 Å². The molecular formula is C14H28F2N2O. The molecule has 0 atom stereocenters. The van der Waals surface area contributed by atoms with Crippen LogP contribution >= 0.6 is 0 Å². The number of amides is 1. The minimum absolute atomic E-state index is 0.159. The Morgan fingerprint density at radius 1 is 1.32 bits per heavy atom. The number of rotatable bonds is 4. The van der Waals surface area contributed by atoms with Crippen LogP contribution in [0.15, 0.2) is 0 Å². The van der Waals surface area contributed by atoms with Crippen molar-refractivity contribution in [2.24, 2.45) is 0 Å². The van der Waals surface area contributed by atoms with Gasteiger partial charge in [-0.25, -0.2) is 8.78 Å². The fourth-order valence-corrected chi connectivity index (χ4v) is 2.35. The molecule has 1 aliphatic heterocycles. The van der Waals surface area contributed by atoms with Gasteiger partial charge in [-0.3, -0.25) is 9.69 Å². The number of nitrogens with zero attached hydrogens (tertiary/aromatic N) is 2. The lowest BCUT2D eigenvalue weighted by atomic mass is 10.0. The van der Waals surface area contributed by atoms with E-state index in [1.807, 2.05) is 25.7 Å². The average Bonchev–Trinajstić information content (AvgIpc) is 2.38. The van der Waals surface area contributed by atoms with Crippen LogP contribution in [0.5, 0.6) is 0 Å². The zero-order valence-corrected chi connectivity index (χ0v) is 12.9. The van der Waals surface area contributed by atoms with Gasteiger partial charge in [0.05, 0.1) is 6.54 Å². The Morgan fingerprint density at radius 3 is 2.16 bits per heavy atom. The normalized spacial score (nSPS) is 17.2. The van der Waals surface area contributed by atoms with Crippen LogP contribution in [0.4, 0.5) is 8.78 Å². The molecule has 1 rings (SSSR count). The molecule has 0 spiro atoms. The van der Waals surface area contributed by atoms with E-state index in [-0.39, 0.29) is 18.5 Å². The highest BCUT2D eigenvalue weighted by Crippen LogP contribution is 2.20. The third-order valence-electron chi connectivity index (χ3n) is 3.27. The summed E-state index contributed by atoms with van der Waals surface area (Å²) in [6, 6.07) is 0.168. The van der Waals surface area contributed by atoms with Gasteiger partial charge in [0.25, 0.3) is 5.92 Å². The summed E-state index contributed by atoms with van der Waals surface area (Å²) in [5, 5.41) is 0. The molecule has 0 aliphatic carbocycles. The number of carbonyl (C=O) groups excluding carboxylic acids is 1. The number of alkyl halides is 2. The predicted octanol–water partition coefficient (Wildman–Crippen LogP) is 3.00. The number of hydrogen-bond acceptors (Lipinski definition) is 2. The van der Waals surface area contributed by atoms with E-state index in [2.05, 4.69) is 0 Å². The molecule has 0 aromatic heterocycles. The molecule has 1 aliphatic rings. The first-order valence-electron chi connectivity index (χ1n) is 7.19. The van der Waals surface area contributed by atoms with Gasteiger partial charge in [0.2, 0.25) is 5.91 Å². The Labute approximate surface area is 115 Å². The fourth-order valence-electron chi connectivity index (χ4n) is 2.35. The van der Waals surface area contributed by atoms with E-state index in [4.69, 9.17) is 0 Å². The van der Waals surface area contributed by atoms with Crippen LogP contribution in [-0.2, 0) is 4.79 Å². The van der Waals surface area contributed by atoms with Crippen molar-refractivity contribution < 1.29 is 13.6 Å². The molecule has 0 radical (unpaired) electrons. The van der Waals surface area contributed by atoms with Gasteiger partial charge in [0.15, 0.2) is 0 Å². The zero-order chi connectivity index (χ0) is 15.1. The molecule has 0 saturated carbocycles. The number of likely N-dealkylation sites (tertiary alicyclic amines) is 1. The van der Waals surface area contributed by atoms with Crippen LogP contribution in [0, 0.1) is 0 Å². The lowest BCUT2D eigenvalue weighted by molar-refractivity contribution is -0.132. The largest absolute Gasteiger partial charge is 0.343 e. The van der Waals surface area contributed by atoms with Crippen LogP contribution in [0.25, 0.3) is 0 Å². The molecule has 1 heterocycles. The number of piperidine rings is 1. The molecule has 19 heavy (non-hydrogen) atoms. The van der Waals surface area contributed by atoms with E-state index < -0.39 is 5.92 Å². The lowest BCUT2D eigenvalue weighted by Gasteiger charge is -2.37. The van der Waals surface area contributed by atoms with E-state index in [9.17, 15) is 13.6 Å². The Kier molecular flexibility index (Phi) is 8.14. The van der Waals surface area contributed by atoms with Gasteiger partial charge >= 0.3 is 0 Å². The highest BCUT2D eigenvalue weighted by Gasteiger charge is 2.30. The van der Waals surface area contributed by atoms with Crippen molar-refractivity contribution in [1.29, 1.82) is 0 Å². The maximum atomic E-state index is 12.9. The van der Waals surface area contributed by atoms with Crippen molar-refractivity contribution in [2.45, 2.75) is 58.9 Å². The van der Waals surface area contributed by atoms with Gasteiger partial charge in [-0.2, -0.15) is 0 Å². The maximum Gasteiger partial charge on any atom is 0.257 e. The van der Waals surface area contributed by atoms with Crippen LogP contribution in [0.2, 0.25) is 0 Å². The van der Waals surface area contributed by atoms with Gasteiger partial charge in [0.1, 0.15) is 0 Å². The summed E-state index contributed by atoms with van der Waals surface area (Å²) in [5.41, 5.74) is 0. The Hall–Kier alpha value is -0.710. The molecule has 0 N–H and O–H groups in total. The minimum Gasteiger partial charge on any atom is -0.343 e. The van der Waals surface area contributed by atoms with Crippen molar-refractivity contribution in [3.05, 3.63) is 0 Å². The van der Waals surface area contributed by atoms with Crippen molar-refractivity contribution >= 4 is 5.91 Å². The second kappa shape index (κ2) is 8.46. The standard InChI is InChI=1S/C12H22F2N2O.C2H6/c1-4-11(17)16-7-5-10(6-8-16)15(3)9-12(2,13)14;1-2/h10H,4-9H2,1-3H3;1-2H3. The highest BCUT2D eigenvalue weighted by molar-refractivity contribution is 5.75. The molecule has 1 amide bonds. The molecule has 3 nitrogen and oxygen atoms in total. The molecule has 0 aromatic carbocycles. The molecule has 114 valence electrons. The first-order chi connectivity index (χ1) is 8.83. The fraction of sp³-hybridized carbons (Fsp3) is 0.929. The summed E-state index contributed by atoms with van der Waals surface area (Å²) < 4.78 is 25.8. The first-order valence-corrected chi connectivity index (χ1v) is 7.19. The summed E-state index contributed by atoms with van der Waals surface area (Å²) in [7, 11) is 1.74. The number of hydrogen-bond donors (Lipinski definition) is 0. The van der Waals surface area contributed by atoms with E-state index >= 15 is 0 Å². The van der Waals surface area contributed by atoms with Crippen molar-refractivity contribution in [3.8, 4) is 0 Å². The van der Waals surface area contributed by atoms with Crippen molar-refractivity contribution in [1.82, 2.24) is 9.80 Å². The molecule has 0 unspecified atom stereocenters. The minimum atomic E-state index is -2.65. The first kappa shape index (κ1) is 18.3. The second-order valence-electron chi connectivity index (χ2n) is 4.95. The average molecular weight is 278 g/mol. The number of halogens is 2. The maximum absolute atomic E-state index is 12.9. The van der Waals surface area contributed by atoms with Crippen molar-refractivity contribution in [2.75, 3.05) is 26.7 Å². The second-order valence-corrected chi connectivity index (χ2v) is 4.95. The van der Waals surface area contributed by atoms with Crippen LogP contribution < -0.4 is 0 Å². The summed E-state index contributed by atoms with van der Waals surface area (Å²) in [4.78, 5) is 15.0. The topological polar surface area (TPSA) is 23.6 Å². The Bertz CT molecular complexity index is 259. The van der Waals surface area contributed by atoms with E-state index in [0.717, 1.165) is 19.8 Å². The van der Waals surface area contributed by atoms with Gasteiger partial charge in [0, 0.05) is 32.5 Å². The van der Waals surface area contributed by atoms with E-state index in [0.29, 0.717) is 19.5 Å². The lowest BCUT2D eigenvalue weighted by Crippen LogP contribution is -2.47. The van der Waals surface area contributed by atoms with Crippen LogP contribution in [0.1, 0.15) is 47.0 Å². The molecule has 5 heteroatoms. The quantitative estimate of drug-likeness (QED) is 0.789. The molecular weight excluding hydrogens is 250 g/mol. The monoisotopic (exact) mass is 278 g/mol. The van der Waals surface area contributed by atoms with Gasteiger partial charge in [-0.15, -0.1) is 0 Å². The van der Waals surface area contributed by atoms with E-state index in [1.54, 1.807) is 11.9 Å². The van der Waals surface area contributed by atoms with Gasteiger partial charge in [-0.05, 0) is 19.9 Å². The predicted molar refractivity (Wildman–Crippen MR) is 74.5 cm³/mol. The summed E-state index contributed by atoms with van der Waals surface area (Å²) >= 11 is 0. The third kappa shape index (κ3) is 6.85. The van der Waals surface area contributed by atoms with Gasteiger partial charge in [-0.1, -0.05) is 20.8 Å². The SMILES string of the molecule is CC.CCC(=O)N1CCC(N(C)CC(C)(F)F)CC1. The Balaban J connectivity index is 0.00000154. The van der Waals surface area contributed by atoms with Crippen LogP contribution in [0.3, 0.4) is 0 Å². The third-order valence-corrected chi connectivity index (χ3v) is 3.27. The molecule has 1 saturated heterocycles. The summed E-state index contributed by atoms with van der Waals surface area (Å²) in [5.74, 6) is -2.49. The Morgan fingerprint density at radius 2 is 1.79 bits per heavy atom. The molecule has 0 aromatic rings. The summed E-state index contributed by atoms with van der Waals surface area (Å²) in [6.07, 6.45) is 2.10.